The van der Waals surface area contributed by atoms with Crippen LogP contribution in [0.15, 0.2) is 41.6 Å². The van der Waals surface area contributed by atoms with Crippen molar-refractivity contribution in [3.63, 3.8) is 0 Å². The van der Waals surface area contributed by atoms with E-state index in [4.69, 9.17) is 32.8 Å². The Labute approximate surface area is 261 Å². The maximum absolute atomic E-state index is 13.6. The smallest absolute Gasteiger partial charge is 0.394 e. The zero-order chi connectivity index (χ0) is 32.1. The quantitative estimate of drug-likeness (QED) is 0.139. The first kappa shape index (κ1) is 34.3. The van der Waals surface area contributed by atoms with Gasteiger partial charge in [0.2, 0.25) is 0 Å². The number of halogens is 8. The first-order valence-corrected chi connectivity index (χ1v) is 14.7. The van der Waals surface area contributed by atoms with E-state index in [0.29, 0.717) is 67.9 Å². The van der Waals surface area contributed by atoms with Gasteiger partial charge >= 0.3 is 12.4 Å². The molecular weight excluding hydrogens is 637 g/mol. The topological polar surface area (TPSA) is 57.6 Å². The number of alkyl halides is 6. The van der Waals surface area contributed by atoms with Crippen LogP contribution in [-0.4, -0.2) is 98.0 Å². The van der Waals surface area contributed by atoms with Gasteiger partial charge in [0.05, 0.1) is 40.1 Å². The van der Waals surface area contributed by atoms with Crippen molar-refractivity contribution in [3.05, 3.63) is 68.7 Å². The van der Waals surface area contributed by atoms with Gasteiger partial charge in [0.1, 0.15) is 6.61 Å². The summed E-state index contributed by atoms with van der Waals surface area (Å²) in [6.45, 7) is 6.95. The van der Waals surface area contributed by atoms with E-state index in [-0.39, 0.29) is 30.6 Å². The second-order valence-electron chi connectivity index (χ2n) is 10.7. The molecule has 2 saturated heterocycles. The maximum atomic E-state index is 13.6. The summed E-state index contributed by atoms with van der Waals surface area (Å²) in [7, 11) is 0. The van der Waals surface area contributed by atoms with Crippen molar-refractivity contribution in [2.45, 2.75) is 31.7 Å². The van der Waals surface area contributed by atoms with E-state index in [1.807, 2.05) is 4.90 Å². The molecule has 0 aliphatic carbocycles. The van der Waals surface area contributed by atoms with Crippen LogP contribution in [0.5, 0.6) is 0 Å². The first-order chi connectivity index (χ1) is 20.7. The Hall–Kier alpha value is -2.58. The molecule has 2 aliphatic rings. The predicted molar refractivity (Wildman–Crippen MR) is 154 cm³/mol. The minimum absolute atomic E-state index is 0.00699. The molecule has 242 valence electrons. The minimum Gasteiger partial charge on any atom is -0.394 e. The Morgan fingerprint density at radius 2 is 1.59 bits per heavy atom. The zero-order valence-electron chi connectivity index (χ0n) is 23.9. The predicted octanol–water partition coefficient (Wildman–Crippen LogP) is 6.12. The molecule has 1 amide bonds. The van der Waals surface area contributed by atoms with Gasteiger partial charge in [0, 0.05) is 57.4 Å². The van der Waals surface area contributed by atoms with Gasteiger partial charge in [-0.3, -0.25) is 14.6 Å². The number of hydrogen-bond acceptors (Lipinski definition) is 6. The number of oxime groups is 1. The third kappa shape index (κ3) is 9.46. The van der Waals surface area contributed by atoms with Gasteiger partial charge in [-0.15, -0.1) is 0 Å². The fourth-order valence-corrected chi connectivity index (χ4v) is 5.51. The molecule has 0 spiro atoms. The van der Waals surface area contributed by atoms with Gasteiger partial charge in [0.15, 0.2) is 0 Å². The highest BCUT2D eigenvalue weighted by Gasteiger charge is 2.39. The lowest BCUT2D eigenvalue weighted by Crippen LogP contribution is -2.56. The average molecular weight is 669 g/mol. The lowest BCUT2D eigenvalue weighted by molar-refractivity contribution is -0.143. The summed E-state index contributed by atoms with van der Waals surface area (Å²) in [5, 5.41) is 4.79. The van der Waals surface area contributed by atoms with Crippen molar-refractivity contribution in [1.82, 2.24) is 14.7 Å². The van der Waals surface area contributed by atoms with E-state index >= 15 is 0 Å². The molecule has 0 radical (unpaired) electrons. The third-order valence-corrected chi connectivity index (χ3v) is 8.13. The molecule has 2 aromatic carbocycles. The molecule has 4 rings (SSSR count). The molecule has 0 bridgehead atoms. The highest BCUT2D eigenvalue weighted by Crippen LogP contribution is 2.37. The van der Waals surface area contributed by atoms with Crippen LogP contribution in [0.2, 0.25) is 10.0 Å². The number of ether oxygens (including phenoxy) is 1. The fraction of sp³-hybridized carbons (Fsp3) is 0.517. The third-order valence-electron chi connectivity index (χ3n) is 7.39. The number of hydrogen-bond donors (Lipinski definition) is 0. The molecule has 1 atom stereocenters. The molecule has 0 saturated carbocycles. The van der Waals surface area contributed by atoms with Gasteiger partial charge in [-0.1, -0.05) is 34.4 Å². The standard InChI is InChI=1S/C29H32Cl2F6N4O3/c1-19(38-44-11-8-39-6-9-43-10-7-39)17-40-4-5-41(24(18-40)12-20-2-3-25(30)26(31)13-20)27(42)21-14-22(28(32,33)34)16-23(15-21)29(35,36)37/h2-3,13-16,24H,4-12,17-18H2,1H3/b38-19+. The molecule has 2 aromatic rings. The van der Waals surface area contributed by atoms with Crippen LogP contribution in [0.4, 0.5) is 26.3 Å². The number of rotatable bonds is 9. The van der Waals surface area contributed by atoms with E-state index in [1.165, 1.54) is 4.90 Å². The van der Waals surface area contributed by atoms with Crippen LogP contribution < -0.4 is 0 Å². The van der Waals surface area contributed by atoms with Gasteiger partial charge in [-0.25, -0.2) is 0 Å². The van der Waals surface area contributed by atoms with Gasteiger partial charge in [-0.05, 0) is 49.2 Å². The molecule has 1 unspecified atom stereocenters. The Bertz CT molecular complexity index is 1300. The van der Waals surface area contributed by atoms with Crippen molar-refractivity contribution < 1.29 is 40.7 Å². The van der Waals surface area contributed by atoms with Crippen molar-refractivity contribution in [3.8, 4) is 0 Å². The lowest BCUT2D eigenvalue weighted by atomic mass is 9.99. The Morgan fingerprint density at radius 3 is 2.20 bits per heavy atom. The highest BCUT2D eigenvalue weighted by atomic mass is 35.5. The van der Waals surface area contributed by atoms with Crippen LogP contribution in [0.3, 0.4) is 0 Å². The second-order valence-corrected chi connectivity index (χ2v) is 11.6. The molecule has 15 heteroatoms. The Balaban J connectivity index is 1.51. The molecule has 0 aromatic heterocycles. The number of piperazine rings is 1. The van der Waals surface area contributed by atoms with E-state index in [9.17, 15) is 31.1 Å². The second kappa shape index (κ2) is 14.7. The number of morpholine rings is 1. The average Bonchev–Trinajstić information content (AvgIpc) is 2.96. The van der Waals surface area contributed by atoms with Crippen LogP contribution in [0.25, 0.3) is 0 Å². The summed E-state index contributed by atoms with van der Waals surface area (Å²) in [5.41, 5.74) is -2.41. The summed E-state index contributed by atoms with van der Waals surface area (Å²) in [5.74, 6) is -0.928. The molecule has 2 aliphatic heterocycles. The van der Waals surface area contributed by atoms with Crippen molar-refractivity contribution in [2.75, 3.05) is 65.6 Å². The molecule has 0 N–H and O–H groups in total. The summed E-state index contributed by atoms with van der Waals surface area (Å²) < 4.78 is 86.4. The zero-order valence-corrected chi connectivity index (χ0v) is 25.4. The highest BCUT2D eigenvalue weighted by molar-refractivity contribution is 6.42. The molecular formula is C29H32Cl2F6N4O3. The van der Waals surface area contributed by atoms with Crippen LogP contribution >= 0.6 is 23.2 Å². The largest absolute Gasteiger partial charge is 0.416 e. The SMILES string of the molecule is C/C(CN1CCN(C(=O)c2cc(C(F)(F)F)cc(C(F)(F)F)c2)C(Cc2ccc(Cl)c(Cl)c2)C1)=N\OCCN1CCOCC1. The number of nitrogens with zero attached hydrogens (tertiary/aromatic N) is 4. The van der Waals surface area contributed by atoms with Crippen molar-refractivity contribution >= 4 is 34.8 Å². The lowest BCUT2D eigenvalue weighted by Gasteiger charge is -2.41. The number of amides is 1. The Kier molecular flexibility index (Phi) is 11.4. The van der Waals surface area contributed by atoms with Crippen molar-refractivity contribution in [1.29, 1.82) is 0 Å². The molecule has 2 heterocycles. The van der Waals surface area contributed by atoms with E-state index < -0.39 is 41.0 Å². The summed E-state index contributed by atoms with van der Waals surface area (Å²) >= 11 is 12.2. The fourth-order valence-electron chi connectivity index (χ4n) is 5.19. The van der Waals surface area contributed by atoms with E-state index in [2.05, 4.69) is 10.1 Å². The normalized spacial score (nSPS) is 19.3. The van der Waals surface area contributed by atoms with Gasteiger partial charge in [-0.2, -0.15) is 26.3 Å². The van der Waals surface area contributed by atoms with Crippen LogP contribution in [0.1, 0.15) is 34.0 Å². The first-order valence-electron chi connectivity index (χ1n) is 13.9. The minimum atomic E-state index is -5.07. The van der Waals surface area contributed by atoms with Crippen LogP contribution in [-0.2, 0) is 28.3 Å². The monoisotopic (exact) mass is 668 g/mol. The number of benzene rings is 2. The summed E-state index contributed by atoms with van der Waals surface area (Å²) in [6.07, 6.45) is -9.92. The number of carbonyl (C=O) groups excluding carboxylic acids is 1. The van der Waals surface area contributed by atoms with Crippen molar-refractivity contribution in [2.24, 2.45) is 5.16 Å². The van der Waals surface area contributed by atoms with Gasteiger partial charge in [0.25, 0.3) is 5.91 Å². The van der Waals surface area contributed by atoms with E-state index in [1.54, 1.807) is 25.1 Å². The Morgan fingerprint density at radius 1 is 0.932 bits per heavy atom. The molecule has 44 heavy (non-hydrogen) atoms. The van der Waals surface area contributed by atoms with Crippen LogP contribution in [0, 0.1) is 0 Å². The van der Waals surface area contributed by atoms with E-state index in [0.717, 1.165) is 13.1 Å². The van der Waals surface area contributed by atoms with Gasteiger partial charge < -0.3 is 14.5 Å². The maximum Gasteiger partial charge on any atom is 0.416 e. The number of carbonyl (C=O) groups is 1. The molecule has 2 fully saturated rings. The summed E-state index contributed by atoms with van der Waals surface area (Å²) in [6, 6.07) is 5.24. The summed E-state index contributed by atoms with van der Waals surface area (Å²) in [4.78, 5) is 24.6. The molecule has 7 nitrogen and oxygen atoms in total.